The Kier molecular flexibility index (Phi) is 5.55. The van der Waals surface area contributed by atoms with E-state index in [4.69, 9.17) is 9.25 Å². The molecule has 0 unspecified atom stereocenters. The molecule has 2 fully saturated rings. The van der Waals surface area contributed by atoms with E-state index in [9.17, 15) is 18.4 Å². The first-order valence-electron chi connectivity index (χ1n) is 11.0. The van der Waals surface area contributed by atoms with E-state index >= 15 is 0 Å². The first-order chi connectivity index (χ1) is 15.5. The Bertz CT molecular complexity index is 1180. The quantitative estimate of drug-likeness (QED) is 0.593. The van der Waals surface area contributed by atoms with Crippen molar-refractivity contribution in [1.29, 1.82) is 0 Å². The average Bonchev–Trinajstić information content (AvgIpc) is 3.38. The van der Waals surface area contributed by atoms with Crippen molar-refractivity contribution < 1.29 is 22.8 Å². The molecule has 168 valence electrons. The van der Waals surface area contributed by atoms with Gasteiger partial charge in [-0.3, -0.25) is 14.2 Å². The lowest BCUT2D eigenvalue weighted by molar-refractivity contribution is -0.183. The summed E-state index contributed by atoms with van der Waals surface area (Å²) in [4.78, 5) is 31.0. The number of hydrogen-bond acceptors (Lipinski definition) is 4. The van der Waals surface area contributed by atoms with Crippen LogP contribution in [0, 0.1) is 23.5 Å². The third-order valence-electron chi connectivity index (χ3n) is 6.60. The van der Waals surface area contributed by atoms with Gasteiger partial charge in [-0.1, -0.05) is 12.1 Å². The number of aromatic nitrogens is 1. The van der Waals surface area contributed by atoms with Crippen LogP contribution in [0.15, 0.2) is 51.7 Å². The molecule has 1 saturated heterocycles. The van der Waals surface area contributed by atoms with Gasteiger partial charge in [0, 0.05) is 24.9 Å². The highest BCUT2D eigenvalue weighted by atomic mass is 19.1. The molecule has 5 rings (SSSR count). The van der Waals surface area contributed by atoms with Crippen LogP contribution >= 0.6 is 0 Å². The van der Waals surface area contributed by atoms with Crippen molar-refractivity contribution in [3.8, 4) is 0 Å². The molecule has 1 saturated carbocycles. The number of amides is 1. The van der Waals surface area contributed by atoms with E-state index in [0.717, 1.165) is 24.4 Å². The largest absolute Gasteiger partial charge is 0.419 e. The molecule has 1 amide bonds. The molecule has 0 radical (unpaired) electrons. The molecule has 1 aliphatic carbocycles. The third kappa shape index (κ3) is 3.95. The summed E-state index contributed by atoms with van der Waals surface area (Å²) in [6.07, 6.45) is 3.46. The highest BCUT2D eigenvalue weighted by Gasteiger charge is 2.37. The second kappa shape index (κ2) is 8.50. The van der Waals surface area contributed by atoms with Crippen molar-refractivity contribution in [3.63, 3.8) is 0 Å². The van der Waals surface area contributed by atoms with Crippen LogP contribution in [0.25, 0.3) is 11.1 Å². The highest BCUT2D eigenvalue weighted by molar-refractivity contribution is 5.78. The van der Waals surface area contributed by atoms with Gasteiger partial charge in [-0.05, 0) is 61.4 Å². The van der Waals surface area contributed by atoms with Gasteiger partial charge < -0.3 is 4.42 Å². The van der Waals surface area contributed by atoms with E-state index in [1.165, 1.54) is 17.2 Å². The van der Waals surface area contributed by atoms with Gasteiger partial charge in [0.1, 0.15) is 11.6 Å². The van der Waals surface area contributed by atoms with Gasteiger partial charge >= 0.3 is 5.76 Å². The molecule has 1 atom stereocenters. The van der Waals surface area contributed by atoms with E-state index in [0.29, 0.717) is 43.6 Å². The Labute approximate surface area is 183 Å². The van der Waals surface area contributed by atoms with Gasteiger partial charge in [-0.15, -0.1) is 0 Å². The van der Waals surface area contributed by atoms with Crippen LogP contribution in [-0.4, -0.2) is 22.1 Å². The Hall–Kier alpha value is -3.00. The highest BCUT2D eigenvalue weighted by Crippen LogP contribution is 2.37. The maximum Gasteiger partial charge on any atom is 0.419 e. The minimum Gasteiger partial charge on any atom is -0.408 e. The second-order valence-corrected chi connectivity index (χ2v) is 8.67. The summed E-state index contributed by atoms with van der Waals surface area (Å²) in [7, 11) is 0. The Balaban J connectivity index is 1.24. The molecular weight excluding hydrogens is 418 g/mol. The monoisotopic (exact) mass is 442 g/mol. The van der Waals surface area contributed by atoms with Crippen LogP contribution < -0.4 is 5.76 Å². The fourth-order valence-corrected chi connectivity index (χ4v) is 4.97. The molecule has 1 aromatic heterocycles. The van der Waals surface area contributed by atoms with Crippen LogP contribution in [0.3, 0.4) is 0 Å². The van der Waals surface area contributed by atoms with Crippen LogP contribution in [-0.2, 0) is 16.2 Å². The minimum atomic E-state index is -0.665. The van der Waals surface area contributed by atoms with Crippen molar-refractivity contribution in [2.45, 2.75) is 44.7 Å². The van der Waals surface area contributed by atoms with Gasteiger partial charge in [-0.2, -0.15) is 0 Å². The molecule has 2 heterocycles. The number of halogens is 2. The van der Waals surface area contributed by atoms with E-state index in [-0.39, 0.29) is 23.5 Å². The Morgan fingerprint density at radius 1 is 1.00 bits per heavy atom. The lowest BCUT2D eigenvalue weighted by Crippen LogP contribution is -2.37. The molecule has 0 bridgehead atoms. The molecule has 32 heavy (non-hydrogen) atoms. The topological polar surface area (TPSA) is 64.7 Å². The van der Waals surface area contributed by atoms with E-state index in [2.05, 4.69) is 0 Å². The minimum absolute atomic E-state index is 0.137. The summed E-state index contributed by atoms with van der Waals surface area (Å²) in [5, 5.41) is 1.31. The van der Waals surface area contributed by atoms with E-state index < -0.39 is 17.7 Å². The molecule has 8 heteroatoms. The van der Waals surface area contributed by atoms with Crippen LogP contribution in [0.2, 0.25) is 0 Å². The van der Waals surface area contributed by atoms with Crippen molar-refractivity contribution in [3.05, 3.63) is 70.2 Å². The zero-order chi connectivity index (χ0) is 22.2. The fraction of sp³-hybridized carbons (Fsp3) is 0.417. The van der Waals surface area contributed by atoms with Crippen molar-refractivity contribution in [1.82, 2.24) is 9.63 Å². The van der Waals surface area contributed by atoms with Gasteiger partial charge in [-0.25, -0.2) is 18.6 Å². The summed E-state index contributed by atoms with van der Waals surface area (Å²) in [6, 6.07) is 10.2. The van der Waals surface area contributed by atoms with Gasteiger partial charge in [0.2, 0.25) is 5.91 Å². The maximum absolute atomic E-state index is 13.7. The molecular formula is C24H24F2N2O4. The number of hydroxylamine groups is 2. The number of carbonyl (C=O) groups excluding carboxylic acids is 1. The lowest BCUT2D eigenvalue weighted by Gasteiger charge is -2.32. The molecule has 0 N–H and O–H groups in total. The zero-order valence-corrected chi connectivity index (χ0v) is 17.5. The van der Waals surface area contributed by atoms with Crippen LogP contribution in [0.5, 0.6) is 0 Å². The molecule has 2 aliphatic rings. The molecule has 0 spiro atoms. The summed E-state index contributed by atoms with van der Waals surface area (Å²) in [5.41, 5.74) is 1.77. The summed E-state index contributed by atoms with van der Waals surface area (Å²) < 4.78 is 34.3. The number of fused-ring (bicyclic) bond motifs is 1. The number of hydrogen-bond donors (Lipinski definition) is 0. The first-order valence-corrected chi connectivity index (χ1v) is 11.0. The predicted molar refractivity (Wildman–Crippen MR) is 112 cm³/mol. The van der Waals surface area contributed by atoms with E-state index in [1.807, 2.05) is 18.2 Å². The maximum atomic E-state index is 13.7. The fourth-order valence-electron chi connectivity index (χ4n) is 4.97. The van der Waals surface area contributed by atoms with Crippen molar-refractivity contribution >= 4 is 17.0 Å². The molecule has 3 aromatic rings. The smallest absolute Gasteiger partial charge is 0.408 e. The predicted octanol–water partition coefficient (Wildman–Crippen LogP) is 4.58. The van der Waals surface area contributed by atoms with Gasteiger partial charge in [0.25, 0.3) is 0 Å². The number of rotatable bonds is 4. The number of oxazole rings is 1. The van der Waals surface area contributed by atoms with Gasteiger partial charge in [0.15, 0.2) is 5.58 Å². The zero-order valence-electron chi connectivity index (χ0n) is 17.5. The third-order valence-corrected chi connectivity index (χ3v) is 6.60. The molecule has 6 nitrogen and oxygen atoms in total. The SMILES string of the molecule is O=C(C1CCC(Cn2c(=O)oc3ccccc32)CC1)N1OCC[C@H]1c1cc(F)cc(F)c1. The second-order valence-electron chi connectivity index (χ2n) is 8.67. The number of para-hydroxylation sites is 2. The summed E-state index contributed by atoms with van der Waals surface area (Å²) in [5.74, 6) is -1.77. The number of nitrogens with zero attached hydrogens (tertiary/aromatic N) is 2. The summed E-state index contributed by atoms with van der Waals surface area (Å²) in [6.45, 7) is 0.891. The Morgan fingerprint density at radius 3 is 2.47 bits per heavy atom. The molecule has 2 aromatic carbocycles. The van der Waals surface area contributed by atoms with Crippen molar-refractivity contribution in [2.75, 3.05) is 6.61 Å². The Morgan fingerprint density at radius 2 is 1.72 bits per heavy atom. The summed E-state index contributed by atoms with van der Waals surface area (Å²) >= 11 is 0. The average molecular weight is 442 g/mol. The van der Waals surface area contributed by atoms with Crippen LogP contribution in [0.4, 0.5) is 8.78 Å². The number of carbonyl (C=O) groups is 1. The normalized spacial score (nSPS) is 23.7. The van der Waals surface area contributed by atoms with E-state index in [1.54, 1.807) is 10.6 Å². The van der Waals surface area contributed by atoms with Gasteiger partial charge in [0.05, 0.1) is 18.2 Å². The first kappa shape index (κ1) is 20.9. The van der Waals surface area contributed by atoms with Crippen molar-refractivity contribution in [2.24, 2.45) is 11.8 Å². The number of benzene rings is 2. The standard InChI is InChI=1S/C24H24F2N2O4/c25-18-11-17(12-19(26)13-18)20-9-10-31-28(20)23(29)16-7-5-15(6-8-16)14-27-21-3-1-2-4-22(21)32-24(27)30/h1-4,11-13,15-16,20H,5-10,14H2/t15?,16?,20-/m0/s1. The molecule has 1 aliphatic heterocycles. The van der Waals surface area contributed by atoms with Crippen LogP contribution in [0.1, 0.15) is 43.7 Å². The lowest BCUT2D eigenvalue weighted by atomic mass is 9.81.